The Morgan fingerprint density at radius 3 is 2.77 bits per heavy atom. The van der Waals surface area contributed by atoms with E-state index in [1.165, 1.54) is 25.3 Å². The molecule has 0 atom stereocenters. The second-order valence-electron chi connectivity index (χ2n) is 6.96. The van der Waals surface area contributed by atoms with E-state index in [0.29, 0.717) is 33.2 Å². The van der Waals surface area contributed by atoms with Crippen molar-refractivity contribution in [2.24, 2.45) is 0 Å². The number of rotatable bonds is 8. The first-order valence-electron chi connectivity index (χ1n) is 9.25. The molecule has 0 saturated heterocycles. The van der Waals surface area contributed by atoms with Gasteiger partial charge in [-0.1, -0.05) is 0 Å². The first kappa shape index (κ1) is 20.4. The summed E-state index contributed by atoms with van der Waals surface area (Å²) < 4.78 is 26.7. The van der Waals surface area contributed by atoms with E-state index in [2.05, 4.69) is 26.0 Å². The third-order valence-corrected chi connectivity index (χ3v) is 5.07. The van der Waals surface area contributed by atoms with Gasteiger partial charge in [-0.3, -0.25) is 14.8 Å². The van der Waals surface area contributed by atoms with Crippen molar-refractivity contribution in [2.45, 2.75) is 32.1 Å². The monoisotopic (exact) mass is 476 g/mol. The number of hydrogen-bond donors (Lipinski definition) is 0. The highest BCUT2D eigenvalue weighted by Crippen LogP contribution is 2.40. The molecule has 3 aromatic rings. The molecule has 1 aromatic carbocycles. The van der Waals surface area contributed by atoms with Gasteiger partial charge in [0.1, 0.15) is 10.4 Å². The number of methoxy groups -OCH3 is 1. The molecule has 4 rings (SSSR count). The molecule has 156 valence electrons. The van der Waals surface area contributed by atoms with Gasteiger partial charge >= 0.3 is 5.69 Å². The van der Waals surface area contributed by atoms with Gasteiger partial charge in [-0.05, 0) is 52.5 Å². The molecule has 0 spiro atoms. The zero-order valence-electron chi connectivity index (χ0n) is 16.0. The number of hydrogen-bond acceptors (Lipinski definition) is 6. The summed E-state index contributed by atoms with van der Waals surface area (Å²) in [6.45, 7) is 0.138. The molecule has 2 heterocycles. The highest BCUT2D eigenvalue weighted by atomic mass is 79.9. The third kappa shape index (κ3) is 4.49. The summed E-state index contributed by atoms with van der Waals surface area (Å²) >= 11 is 3.14. The maximum absolute atomic E-state index is 13.5. The predicted molar refractivity (Wildman–Crippen MR) is 110 cm³/mol. The van der Waals surface area contributed by atoms with Crippen LogP contribution in [-0.2, 0) is 18.0 Å². The molecule has 1 aliphatic carbocycles. The van der Waals surface area contributed by atoms with Gasteiger partial charge in [-0.15, -0.1) is 0 Å². The highest BCUT2D eigenvalue weighted by molar-refractivity contribution is 9.10. The maximum Gasteiger partial charge on any atom is 0.311 e. The van der Waals surface area contributed by atoms with E-state index in [1.807, 2.05) is 16.9 Å². The average molecular weight is 477 g/mol. The second kappa shape index (κ2) is 8.49. The van der Waals surface area contributed by atoms with E-state index in [4.69, 9.17) is 9.47 Å². The van der Waals surface area contributed by atoms with Gasteiger partial charge in [-0.2, -0.15) is 5.10 Å². The number of nitrogens with zero attached hydrogens (tertiary/aromatic N) is 4. The Kier molecular flexibility index (Phi) is 5.78. The molecular weight excluding hydrogens is 459 g/mol. The molecule has 8 nitrogen and oxygen atoms in total. The van der Waals surface area contributed by atoms with Gasteiger partial charge in [0, 0.05) is 18.3 Å². The van der Waals surface area contributed by atoms with Crippen LogP contribution in [0.3, 0.4) is 0 Å². The van der Waals surface area contributed by atoms with Gasteiger partial charge in [0.25, 0.3) is 0 Å². The number of ether oxygens (including phenoxy) is 2. The summed E-state index contributed by atoms with van der Waals surface area (Å²) in [5.41, 5.74) is 1.94. The first-order valence-corrected chi connectivity index (χ1v) is 10.0. The first-order chi connectivity index (χ1) is 14.4. The molecular formula is C20H18BrFN4O4. The quantitative estimate of drug-likeness (QED) is 0.263. The molecule has 1 fully saturated rings. The molecule has 30 heavy (non-hydrogen) atoms. The van der Waals surface area contributed by atoms with Crippen LogP contribution in [0.1, 0.15) is 30.1 Å². The fourth-order valence-corrected chi connectivity index (χ4v) is 3.63. The summed E-state index contributed by atoms with van der Waals surface area (Å²) in [7, 11) is 1.40. The van der Waals surface area contributed by atoms with Crippen LogP contribution in [0.4, 0.5) is 10.1 Å². The van der Waals surface area contributed by atoms with Crippen LogP contribution in [0.5, 0.6) is 5.75 Å². The molecule has 0 N–H and O–H groups in total. The van der Waals surface area contributed by atoms with Crippen LogP contribution < -0.4 is 4.74 Å². The van der Waals surface area contributed by atoms with E-state index in [-0.39, 0.29) is 24.7 Å². The third-order valence-electron chi connectivity index (χ3n) is 4.67. The van der Waals surface area contributed by atoms with Crippen LogP contribution >= 0.6 is 15.9 Å². The zero-order chi connectivity index (χ0) is 21.3. The zero-order valence-corrected chi connectivity index (χ0v) is 17.6. The topological polar surface area (TPSA) is 92.3 Å². The van der Waals surface area contributed by atoms with Crippen LogP contribution in [0.2, 0.25) is 0 Å². The lowest BCUT2D eigenvalue weighted by molar-refractivity contribution is -0.385. The van der Waals surface area contributed by atoms with E-state index < -0.39 is 10.7 Å². The predicted octanol–water partition coefficient (Wildman–Crippen LogP) is 4.82. The van der Waals surface area contributed by atoms with Crippen molar-refractivity contribution in [1.82, 2.24) is 14.8 Å². The number of aromatic nitrogens is 3. The normalized spacial score (nSPS) is 13.4. The average Bonchev–Trinajstić information content (AvgIpc) is 3.43. The molecule has 0 aliphatic heterocycles. The van der Waals surface area contributed by atoms with E-state index >= 15 is 0 Å². The van der Waals surface area contributed by atoms with Gasteiger partial charge in [0.2, 0.25) is 5.75 Å². The number of benzene rings is 1. The number of pyridine rings is 1. The Labute approximate surface area is 179 Å². The van der Waals surface area contributed by atoms with Gasteiger partial charge in [0.05, 0.1) is 48.2 Å². The number of nitro groups is 1. The van der Waals surface area contributed by atoms with E-state index in [1.54, 1.807) is 6.07 Å². The molecule has 10 heteroatoms. The summed E-state index contributed by atoms with van der Waals surface area (Å²) in [5.74, 6) is -0.273. The fraction of sp³-hybridized carbons (Fsp3) is 0.300. The molecule has 1 saturated carbocycles. The lowest BCUT2D eigenvalue weighted by Gasteiger charge is -2.11. The van der Waals surface area contributed by atoms with Crippen LogP contribution in [0.15, 0.2) is 41.1 Å². The lowest BCUT2D eigenvalue weighted by Crippen LogP contribution is -2.02. The SMILES string of the molecule is COc1c(-c2ccn(C3CC3)n2)cc(COCc2cc(F)cc(Br)n2)cc1[N+](=O)[O-]. The Morgan fingerprint density at radius 2 is 2.10 bits per heavy atom. The van der Waals surface area contributed by atoms with E-state index in [0.717, 1.165) is 12.8 Å². The van der Waals surface area contributed by atoms with Crippen LogP contribution in [0.25, 0.3) is 11.3 Å². The Morgan fingerprint density at radius 1 is 1.30 bits per heavy atom. The molecule has 0 bridgehead atoms. The van der Waals surface area contributed by atoms with Gasteiger partial charge in [-0.25, -0.2) is 9.37 Å². The van der Waals surface area contributed by atoms with Crippen molar-refractivity contribution in [1.29, 1.82) is 0 Å². The molecule has 2 aromatic heterocycles. The van der Waals surface area contributed by atoms with Gasteiger partial charge in [0.15, 0.2) is 0 Å². The van der Waals surface area contributed by atoms with Crippen LogP contribution in [-0.4, -0.2) is 26.8 Å². The van der Waals surface area contributed by atoms with Crippen molar-refractivity contribution in [3.8, 4) is 17.0 Å². The number of nitro benzene ring substituents is 1. The maximum atomic E-state index is 13.5. The minimum absolute atomic E-state index is 0.0574. The van der Waals surface area contributed by atoms with Crippen molar-refractivity contribution in [2.75, 3.05) is 7.11 Å². The molecule has 0 radical (unpaired) electrons. The smallest absolute Gasteiger partial charge is 0.311 e. The van der Waals surface area contributed by atoms with Gasteiger partial charge < -0.3 is 9.47 Å². The standard InChI is InChI=1S/C20H18BrFN4O4/c1-29-20-16(17-4-5-25(24-17)15-2-3-15)6-12(7-18(20)26(27)28)10-30-11-14-8-13(22)9-19(21)23-14/h4-9,15H,2-3,10-11H2,1H3. The van der Waals surface area contributed by atoms with Crippen molar-refractivity contribution in [3.05, 3.63) is 68.3 Å². The van der Waals surface area contributed by atoms with E-state index in [9.17, 15) is 14.5 Å². The Bertz CT molecular complexity index is 1080. The van der Waals surface area contributed by atoms with Crippen LogP contribution in [0, 0.1) is 15.9 Å². The minimum atomic E-state index is -0.491. The van der Waals surface area contributed by atoms with Crippen molar-refractivity contribution < 1.29 is 18.8 Å². The largest absolute Gasteiger partial charge is 0.490 e. The second-order valence-corrected chi connectivity index (χ2v) is 7.77. The summed E-state index contributed by atoms with van der Waals surface area (Å²) in [6.07, 6.45) is 4.03. The minimum Gasteiger partial charge on any atom is -0.490 e. The lowest BCUT2D eigenvalue weighted by atomic mass is 10.1. The number of halogens is 2. The summed E-state index contributed by atoms with van der Waals surface area (Å²) in [5, 5.41) is 16.2. The van der Waals surface area contributed by atoms with Crippen molar-refractivity contribution in [3.63, 3.8) is 0 Å². The molecule has 1 aliphatic rings. The Hall–Kier alpha value is -2.85. The fourth-order valence-electron chi connectivity index (χ4n) is 3.18. The molecule has 0 amide bonds. The highest BCUT2D eigenvalue weighted by Gasteiger charge is 2.27. The summed E-state index contributed by atoms with van der Waals surface area (Å²) in [4.78, 5) is 15.3. The van der Waals surface area contributed by atoms with Crippen molar-refractivity contribution >= 4 is 21.6 Å². The summed E-state index contributed by atoms with van der Waals surface area (Å²) in [6, 6.07) is 7.92. The molecule has 0 unspecified atom stereocenters. The Balaban J connectivity index is 1.60.